The van der Waals surface area contributed by atoms with Crippen molar-refractivity contribution in [2.45, 2.75) is 72.6 Å². The molecule has 1 aliphatic rings. The quantitative estimate of drug-likeness (QED) is 0.137. The third-order valence-electron chi connectivity index (χ3n) is 6.27. The summed E-state index contributed by atoms with van der Waals surface area (Å²) in [6.07, 6.45) is 6.94. The van der Waals surface area contributed by atoms with Crippen LogP contribution in [0.3, 0.4) is 0 Å². The number of aldehydes is 1. The van der Waals surface area contributed by atoms with Crippen LogP contribution in [0.1, 0.15) is 58.1 Å². The predicted molar refractivity (Wildman–Crippen MR) is 146 cm³/mol. The van der Waals surface area contributed by atoms with Gasteiger partial charge in [-0.05, 0) is 61.4 Å². The van der Waals surface area contributed by atoms with Gasteiger partial charge in [0.2, 0.25) is 0 Å². The van der Waals surface area contributed by atoms with Crippen LogP contribution in [0.25, 0.3) is 0 Å². The van der Waals surface area contributed by atoms with Crippen LogP contribution in [0.15, 0.2) is 46.6 Å². The molecule has 7 nitrogen and oxygen atoms in total. The van der Waals surface area contributed by atoms with Crippen LogP contribution in [0.2, 0.25) is 0 Å². The molecule has 1 aromatic carbocycles. The van der Waals surface area contributed by atoms with Crippen molar-refractivity contribution in [2.75, 3.05) is 27.3 Å². The Morgan fingerprint density at radius 1 is 1.31 bits per heavy atom. The zero-order valence-electron chi connectivity index (χ0n) is 23.0. The molecule has 0 aliphatic carbocycles. The Labute approximate surface area is 216 Å². The molecule has 2 rings (SSSR count). The molecule has 1 heterocycles. The van der Waals surface area contributed by atoms with Gasteiger partial charge in [0.15, 0.2) is 0 Å². The second kappa shape index (κ2) is 14.7. The highest BCUT2D eigenvalue weighted by atomic mass is 16.6. The normalized spacial score (nSPS) is 18.6. The van der Waals surface area contributed by atoms with Crippen LogP contribution < -0.4 is 5.32 Å². The summed E-state index contributed by atoms with van der Waals surface area (Å²) in [4.78, 5) is 31.0. The Morgan fingerprint density at radius 2 is 2.06 bits per heavy atom. The summed E-state index contributed by atoms with van der Waals surface area (Å²) in [5.74, 6) is -0.0277. The largest absolute Gasteiger partial charge is 0.459 e. The number of carbonyl (C=O) groups excluding carboxylic acids is 2. The number of ether oxygens (including phenoxy) is 2. The molecule has 1 fully saturated rings. The van der Waals surface area contributed by atoms with Crippen LogP contribution >= 0.6 is 0 Å². The van der Waals surface area contributed by atoms with Crippen LogP contribution in [0.5, 0.6) is 0 Å². The van der Waals surface area contributed by atoms with Gasteiger partial charge in [-0.3, -0.25) is 14.6 Å². The summed E-state index contributed by atoms with van der Waals surface area (Å²) in [6, 6.07) is 5.80. The Hall–Kier alpha value is -2.77. The summed E-state index contributed by atoms with van der Waals surface area (Å²) in [5.41, 5.74) is 5.49. The summed E-state index contributed by atoms with van der Waals surface area (Å²) in [7, 11) is 3.93. The number of aryl methyl sites for hydroxylation is 1. The predicted octanol–water partition coefficient (Wildman–Crippen LogP) is 4.90. The van der Waals surface area contributed by atoms with Crippen molar-refractivity contribution in [3.63, 3.8) is 0 Å². The first-order chi connectivity index (χ1) is 17.2. The summed E-state index contributed by atoms with van der Waals surface area (Å²) in [6.45, 7) is 11.8. The van der Waals surface area contributed by atoms with Crippen molar-refractivity contribution in [2.24, 2.45) is 10.9 Å². The molecule has 3 atom stereocenters. The fourth-order valence-corrected chi connectivity index (χ4v) is 3.89. The van der Waals surface area contributed by atoms with Crippen LogP contribution in [-0.4, -0.2) is 62.3 Å². The van der Waals surface area contributed by atoms with Gasteiger partial charge in [0.25, 0.3) is 0 Å². The van der Waals surface area contributed by atoms with Gasteiger partial charge in [-0.15, -0.1) is 0 Å². The van der Waals surface area contributed by atoms with E-state index in [0.29, 0.717) is 31.8 Å². The monoisotopic (exact) mass is 497 g/mol. The van der Waals surface area contributed by atoms with E-state index in [4.69, 9.17) is 14.5 Å². The van der Waals surface area contributed by atoms with E-state index in [1.165, 1.54) is 0 Å². The SMILES string of the molecule is CCC(C)C(=N\c1cc(CN[C@@H](CC)C(=O)O[C@H]2CCOC2)ccc1C)/C(/C=C(/C)C=O)=C/N(C)C. The van der Waals surface area contributed by atoms with Crippen molar-refractivity contribution < 1.29 is 19.1 Å². The fraction of sp³-hybridized carbons (Fsp3) is 0.552. The van der Waals surface area contributed by atoms with Crippen molar-refractivity contribution in [3.8, 4) is 0 Å². The van der Waals surface area contributed by atoms with E-state index < -0.39 is 0 Å². The molecule has 198 valence electrons. The van der Waals surface area contributed by atoms with Crippen molar-refractivity contribution in [3.05, 3.63) is 52.7 Å². The van der Waals surface area contributed by atoms with Crippen LogP contribution in [-0.2, 0) is 25.6 Å². The number of aliphatic imine (C=N–C) groups is 1. The molecule has 36 heavy (non-hydrogen) atoms. The third-order valence-corrected chi connectivity index (χ3v) is 6.27. The van der Waals surface area contributed by atoms with Crippen LogP contribution in [0, 0.1) is 12.8 Å². The smallest absolute Gasteiger partial charge is 0.323 e. The first-order valence-electron chi connectivity index (χ1n) is 12.9. The molecule has 0 radical (unpaired) electrons. The number of hydrogen-bond acceptors (Lipinski definition) is 7. The van der Waals surface area contributed by atoms with E-state index >= 15 is 0 Å². The molecule has 1 unspecified atom stereocenters. The van der Waals surface area contributed by atoms with Crippen LogP contribution in [0.4, 0.5) is 5.69 Å². The maximum Gasteiger partial charge on any atom is 0.323 e. The molecule has 7 heteroatoms. The number of nitrogens with one attached hydrogen (secondary N) is 1. The van der Waals surface area contributed by atoms with Gasteiger partial charge in [0.1, 0.15) is 18.4 Å². The molecular weight excluding hydrogens is 454 g/mol. The van der Waals surface area contributed by atoms with Gasteiger partial charge >= 0.3 is 5.97 Å². The van der Waals surface area contributed by atoms with E-state index in [2.05, 4.69) is 37.4 Å². The van der Waals surface area contributed by atoms with Gasteiger partial charge in [0, 0.05) is 38.8 Å². The number of carbonyl (C=O) groups is 2. The third kappa shape index (κ3) is 9.03. The lowest BCUT2D eigenvalue weighted by atomic mass is 9.94. The second-order valence-electron chi connectivity index (χ2n) is 9.75. The first kappa shape index (κ1) is 29.5. The molecule has 0 saturated carbocycles. The van der Waals surface area contributed by atoms with E-state index in [9.17, 15) is 9.59 Å². The summed E-state index contributed by atoms with van der Waals surface area (Å²) < 4.78 is 10.9. The van der Waals surface area contributed by atoms with E-state index in [1.54, 1.807) is 6.92 Å². The number of hydrogen-bond donors (Lipinski definition) is 1. The molecule has 1 aromatic rings. The Balaban J connectivity index is 2.30. The molecule has 1 N–H and O–H groups in total. The minimum absolute atomic E-state index is 0.144. The van der Waals surface area contributed by atoms with Gasteiger partial charge in [-0.1, -0.05) is 32.9 Å². The molecular formula is C29H43N3O4. The standard InChI is InChI=1S/C29H43N3O4/c1-8-21(4)28(24(17-32(6)7)14-20(3)18-33)31-27-15-23(11-10-22(27)5)16-30-26(9-2)29(34)36-25-12-13-35-19-25/h10-11,14-15,17-18,21,25-26,30H,8-9,12-13,16,19H2,1-7H3/b20-14-,24-17+,31-28+/t21?,25-,26-/m0/s1. The Morgan fingerprint density at radius 3 is 2.64 bits per heavy atom. The van der Waals surface area contributed by atoms with E-state index in [1.807, 2.05) is 45.1 Å². The molecule has 1 saturated heterocycles. The Kier molecular flexibility index (Phi) is 12.0. The lowest BCUT2D eigenvalue weighted by Gasteiger charge is -2.19. The summed E-state index contributed by atoms with van der Waals surface area (Å²) in [5, 5.41) is 3.35. The first-order valence-corrected chi connectivity index (χ1v) is 12.9. The average Bonchev–Trinajstić information content (AvgIpc) is 3.36. The number of rotatable bonds is 13. The van der Waals surface area contributed by atoms with Crippen molar-refractivity contribution in [1.29, 1.82) is 0 Å². The van der Waals surface area contributed by atoms with Gasteiger partial charge in [0.05, 0.1) is 24.6 Å². The number of nitrogens with zero attached hydrogens (tertiary/aromatic N) is 2. The highest BCUT2D eigenvalue weighted by Gasteiger charge is 2.24. The van der Waals surface area contributed by atoms with E-state index in [-0.39, 0.29) is 24.0 Å². The fourth-order valence-electron chi connectivity index (χ4n) is 3.89. The average molecular weight is 498 g/mol. The second-order valence-corrected chi connectivity index (χ2v) is 9.75. The molecule has 0 aromatic heterocycles. The van der Waals surface area contributed by atoms with Gasteiger partial charge in [-0.2, -0.15) is 0 Å². The zero-order chi connectivity index (χ0) is 26.7. The minimum Gasteiger partial charge on any atom is -0.459 e. The number of benzene rings is 1. The number of allylic oxidation sites excluding steroid dienone is 3. The molecule has 1 aliphatic heterocycles. The van der Waals surface area contributed by atoms with Crippen molar-refractivity contribution in [1.82, 2.24) is 10.2 Å². The maximum absolute atomic E-state index is 12.6. The van der Waals surface area contributed by atoms with E-state index in [0.717, 1.165) is 47.2 Å². The van der Waals surface area contributed by atoms with Crippen molar-refractivity contribution >= 4 is 23.7 Å². The van der Waals surface area contributed by atoms with Gasteiger partial charge < -0.3 is 19.7 Å². The minimum atomic E-state index is -0.374. The highest BCUT2D eigenvalue weighted by Crippen LogP contribution is 2.25. The molecule has 0 bridgehead atoms. The summed E-state index contributed by atoms with van der Waals surface area (Å²) >= 11 is 0. The van der Waals surface area contributed by atoms with Gasteiger partial charge in [-0.25, -0.2) is 0 Å². The molecule has 0 spiro atoms. The highest BCUT2D eigenvalue weighted by molar-refractivity contribution is 6.06. The lowest BCUT2D eigenvalue weighted by molar-refractivity contribution is -0.151. The maximum atomic E-state index is 12.6. The zero-order valence-corrected chi connectivity index (χ0v) is 23.0. The number of esters is 1. The topological polar surface area (TPSA) is 80.2 Å². The molecule has 0 amide bonds. The lowest BCUT2D eigenvalue weighted by Crippen LogP contribution is -2.39. The Bertz CT molecular complexity index is 975.